The summed E-state index contributed by atoms with van der Waals surface area (Å²) in [6, 6.07) is 5.32. The van der Waals surface area contributed by atoms with Crippen molar-refractivity contribution in [2.24, 2.45) is 11.3 Å². The summed E-state index contributed by atoms with van der Waals surface area (Å²) in [5.41, 5.74) is -1.16. The summed E-state index contributed by atoms with van der Waals surface area (Å²) in [6.07, 6.45) is 2.87. The van der Waals surface area contributed by atoms with E-state index in [4.69, 9.17) is 30.8 Å². The highest BCUT2D eigenvalue weighted by molar-refractivity contribution is 6.31. The summed E-state index contributed by atoms with van der Waals surface area (Å²) in [7, 11) is 0. The molecule has 2 N–H and O–H groups in total. The summed E-state index contributed by atoms with van der Waals surface area (Å²) >= 11 is 6.31. The molecule has 2 saturated carbocycles. The maximum absolute atomic E-state index is 14.4. The standard InChI is InChI=1S/C36H47ClN4O7/c1-9-21-18-36(21,32(44)46-10-2)40-30(42)27-16-23(19-41(27)31(43)29(34(3,4)5)39-33(45)48-35(6,7)8)47-28-17-25(20-11-12-20)38-26-15-22(37)13-14-24(26)28/h9,13-15,17,20-21,23,27,29H,1,10-12,16,18-19H2,2-8H3,(H,39,45)(H,40,42)/t21-,23+,27-,29+,36-/m0/s1. The maximum Gasteiger partial charge on any atom is 0.408 e. The van der Waals surface area contributed by atoms with E-state index in [1.165, 1.54) is 4.90 Å². The molecular weight excluding hydrogens is 636 g/mol. The van der Waals surface area contributed by atoms with Gasteiger partial charge < -0.3 is 29.7 Å². The third-order valence-corrected chi connectivity index (χ3v) is 9.19. The molecule has 0 spiro atoms. The van der Waals surface area contributed by atoms with Crippen LogP contribution in [0.5, 0.6) is 5.75 Å². The molecule has 1 aliphatic heterocycles. The van der Waals surface area contributed by atoms with Crippen LogP contribution in [-0.2, 0) is 23.9 Å². The molecule has 48 heavy (non-hydrogen) atoms. The predicted octanol–water partition coefficient (Wildman–Crippen LogP) is 5.68. The molecule has 0 radical (unpaired) electrons. The molecule has 2 aliphatic carbocycles. The second-order valence-corrected chi connectivity index (χ2v) is 15.6. The van der Waals surface area contributed by atoms with Crippen molar-refractivity contribution in [1.29, 1.82) is 0 Å². The Morgan fingerprint density at radius 3 is 2.44 bits per heavy atom. The smallest absolute Gasteiger partial charge is 0.408 e. The van der Waals surface area contributed by atoms with Gasteiger partial charge >= 0.3 is 12.1 Å². The van der Waals surface area contributed by atoms with Gasteiger partial charge in [-0.1, -0.05) is 38.4 Å². The highest BCUT2D eigenvalue weighted by Crippen LogP contribution is 2.46. The van der Waals surface area contributed by atoms with Gasteiger partial charge in [-0.05, 0) is 70.6 Å². The van der Waals surface area contributed by atoms with Gasteiger partial charge in [0, 0.05) is 40.4 Å². The number of amides is 3. The zero-order chi connectivity index (χ0) is 35.2. The van der Waals surface area contributed by atoms with Crippen molar-refractivity contribution >= 4 is 46.4 Å². The number of halogens is 1. The topological polar surface area (TPSA) is 136 Å². The monoisotopic (exact) mass is 682 g/mol. The molecular formula is C36H47ClN4O7. The summed E-state index contributed by atoms with van der Waals surface area (Å²) in [6.45, 7) is 16.4. The lowest BCUT2D eigenvalue weighted by molar-refractivity contribution is -0.150. The Morgan fingerprint density at radius 1 is 1.15 bits per heavy atom. The van der Waals surface area contributed by atoms with Crippen LogP contribution in [0.2, 0.25) is 5.02 Å². The fourth-order valence-electron chi connectivity index (χ4n) is 6.23. The number of hydrogen-bond donors (Lipinski definition) is 2. The lowest BCUT2D eigenvalue weighted by Crippen LogP contribution is -2.59. The molecule has 1 aromatic heterocycles. The molecule has 3 fully saturated rings. The van der Waals surface area contributed by atoms with Crippen LogP contribution in [-0.4, -0.2) is 76.2 Å². The highest BCUT2D eigenvalue weighted by Gasteiger charge is 2.62. The molecule has 12 heteroatoms. The molecule has 5 rings (SSSR count). The van der Waals surface area contributed by atoms with Gasteiger partial charge in [0.25, 0.3) is 0 Å². The quantitative estimate of drug-likeness (QED) is 0.242. The normalized spacial score (nSPS) is 24.4. The Bertz CT molecular complexity index is 1610. The zero-order valence-electron chi connectivity index (χ0n) is 28.9. The number of alkyl carbamates (subject to hydrolysis) is 1. The number of fused-ring (bicyclic) bond motifs is 1. The highest BCUT2D eigenvalue weighted by atomic mass is 35.5. The number of carbonyl (C=O) groups excluding carboxylic acids is 4. The first-order chi connectivity index (χ1) is 22.5. The third-order valence-electron chi connectivity index (χ3n) is 8.95. The van der Waals surface area contributed by atoms with Gasteiger partial charge in [0.05, 0.1) is 18.7 Å². The Labute approximate surface area is 287 Å². The largest absolute Gasteiger partial charge is 0.488 e. The first kappa shape index (κ1) is 35.4. The van der Waals surface area contributed by atoms with Crippen molar-refractivity contribution in [2.45, 2.75) is 109 Å². The van der Waals surface area contributed by atoms with Crippen LogP contribution >= 0.6 is 11.6 Å². The van der Waals surface area contributed by atoms with Crippen LogP contribution in [0.4, 0.5) is 4.79 Å². The van der Waals surface area contributed by atoms with Crippen LogP contribution in [0.15, 0.2) is 36.9 Å². The van der Waals surface area contributed by atoms with Crippen LogP contribution in [0, 0.1) is 11.3 Å². The Morgan fingerprint density at radius 2 is 1.85 bits per heavy atom. The van der Waals surface area contributed by atoms with Crippen molar-refractivity contribution in [1.82, 2.24) is 20.5 Å². The van der Waals surface area contributed by atoms with E-state index in [1.807, 2.05) is 32.9 Å². The van der Waals surface area contributed by atoms with Gasteiger partial charge in [-0.2, -0.15) is 0 Å². The number of aromatic nitrogens is 1. The van der Waals surface area contributed by atoms with Gasteiger partial charge in [0.15, 0.2) is 0 Å². The van der Waals surface area contributed by atoms with Crippen molar-refractivity contribution in [2.75, 3.05) is 13.2 Å². The van der Waals surface area contributed by atoms with Gasteiger partial charge in [0.1, 0.15) is 35.1 Å². The van der Waals surface area contributed by atoms with Crippen LogP contribution < -0.4 is 15.4 Å². The van der Waals surface area contributed by atoms with E-state index in [9.17, 15) is 19.2 Å². The molecule has 1 saturated heterocycles. The van der Waals surface area contributed by atoms with Crippen LogP contribution in [0.3, 0.4) is 0 Å². The molecule has 1 aromatic carbocycles. The number of pyridine rings is 1. The Hall–Kier alpha value is -3.86. The number of carbonyl (C=O) groups is 4. The fourth-order valence-corrected chi connectivity index (χ4v) is 6.40. The second kappa shape index (κ2) is 13.2. The predicted molar refractivity (Wildman–Crippen MR) is 182 cm³/mol. The van der Waals surface area contributed by atoms with E-state index < -0.39 is 58.6 Å². The number of rotatable bonds is 10. The lowest BCUT2D eigenvalue weighted by atomic mass is 9.85. The van der Waals surface area contributed by atoms with Crippen molar-refractivity contribution in [3.63, 3.8) is 0 Å². The minimum Gasteiger partial charge on any atom is -0.488 e. The molecule has 3 aliphatic rings. The van der Waals surface area contributed by atoms with Gasteiger partial charge in [-0.3, -0.25) is 14.6 Å². The molecule has 2 aromatic rings. The Balaban J connectivity index is 1.47. The summed E-state index contributed by atoms with van der Waals surface area (Å²) in [5.74, 6) is -0.885. The number of esters is 1. The molecule has 3 amide bonds. The number of ether oxygens (including phenoxy) is 3. The number of nitrogens with zero attached hydrogens (tertiary/aromatic N) is 2. The van der Waals surface area contributed by atoms with Gasteiger partial charge in [0.2, 0.25) is 11.8 Å². The number of benzene rings is 1. The van der Waals surface area contributed by atoms with Crippen LogP contribution in [0.25, 0.3) is 10.9 Å². The summed E-state index contributed by atoms with van der Waals surface area (Å²) in [4.78, 5) is 60.8. The summed E-state index contributed by atoms with van der Waals surface area (Å²) in [5, 5.41) is 6.98. The SMILES string of the molecule is C=C[C@H]1C[C@@]1(NC(=O)[C@@H]1C[C@@H](Oc2cc(C3CC3)nc3cc(Cl)ccc23)CN1C(=O)[C@@H](NC(=O)OC(C)(C)C)C(C)(C)C)C(=O)OCC. The van der Waals surface area contributed by atoms with Gasteiger partial charge in [-0.25, -0.2) is 9.59 Å². The molecule has 5 atom stereocenters. The first-order valence-electron chi connectivity index (χ1n) is 16.6. The maximum atomic E-state index is 14.4. The first-order valence-corrected chi connectivity index (χ1v) is 17.0. The van der Waals surface area contributed by atoms with E-state index in [1.54, 1.807) is 45.9 Å². The average molecular weight is 683 g/mol. The van der Waals surface area contributed by atoms with Crippen molar-refractivity contribution in [3.8, 4) is 5.75 Å². The zero-order valence-corrected chi connectivity index (χ0v) is 29.6. The molecule has 0 bridgehead atoms. The van der Waals surface area contributed by atoms with E-state index in [0.29, 0.717) is 28.6 Å². The van der Waals surface area contributed by atoms with E-state index in [2.05, 4.69) is 17.2 Å². The van der Waals surface area contributed by atoms with E-state index in [0.717, 1.165) is 23.9 Å². The number of likely N-dealkylation sites (tertiary alicyclic amines) is 1. The number of hydrogen-bond acceptors (Lipinski definition) is 8. The molecule has 0 unspecified atom stereocenters. The molecule has 260 valence electrons. The average Bonchev–Trinajstić information content (AvgIpc) is 3.91. The molecule has 2 heterocycles. The minimum absolute atomic E-state index is 0.0625. The minimum atomic E-state index is -1.25. The van der Waals surface area contributed by atoms with Crippen molar-refractivity contribution < 1.29 is 33.4 Å². The Kier molecular flexibility index (Phi) is 9.76. The fraction of sp³-hybridized carbons (Fsp3) is 0.583. The molecule has 11 nitrogen and oxygen atoms in total. The van der Waals surface area contributed by atoms with E-state index in [-0.39, 0.29) is 25.5 Å². The van der Waals surface area contributed by atoms with E-state index >= 15 is 0 Å². The van der Waals surface area contributed by atoms with Crippen LogP contribution in [0.1, 0.15) is 85.8 Å². The second-order valence-electron chi connectivity index (χ2n) is 15.1. The van der Waals surface area contributed by atoms with Gasteiger partial charge in [-0.15, -0.1) is 6.58 Å². The lowest BCUT2D eigenvalue weighted by Gasteiger charge is -2.36. The number of nitrogens with one attached hydrogen (secondary N) is 2. The van der Waals surface area contributed by atoms with Crippen molar-refractivity contribution in [3.05, 3.63) is 47.6 Å². The third kappa shape index (κ3) is 7.72. The summed E-state index contributed by atoms with van der Waals surface area (Å²) < 4.78 is 17.4.